The van der Waals surface area contributed by atoms with E-state index in [9.17, 15) is 9.90 Å². The lowest BCUT2D eigenvalue weighted by Crippen LogP contribution is -2.39. The van der Waals surface area contributed by atoms with E-state index in [4.69, 9.17) is 9.90 Å². The van der Waals surface area contributed by atoms with Gasteiger partial charge in [-0.25, -0.2) is 0 Å². The number of hydrogen-bond donors (Lipinski definition) is 2. The van der Waals surface area contributed by atoms with Crippen molar-refractivity contribution in [1.82, 2.24) is 0 Å². The van der Waals surface area contributed by atoms with E-state index in [0.717, 1.165) is 39.0 Å². The summed E-state index contributed by atoms with van der Waals surface area (Å²) in [7, 11) is 0. The van der Waals surface area contributed by atoms with Crippen molar-refractivity contribution in [2.75, 3.05) is 0 Å². The van der Waals surface area contributed by atoms with Gasteiger partial charge in [0, 0.05) is 18.8 Å². The number of carboxylic acid groups (broad SMARTS) is 1. The SMILES string of the molecule is CC(=O)O.C[C@]12C=CC3=C4CCC(=O)C=C4CC[C@H]3[C@@H]1CC[C@@H]2O. The highest BCUT2D eigenvalue weighted by Gasteiger charge is 2.51. The summed E-state index contributed by atoms with van der Waals surface area (Å²) in [5, 5.41) is 17.7. The highest BCUT2D eigenvalue weighted by Crippen LogP contribution is 2.57. The number of allylic oxidation sites excluding steroid dienone is 5. The Morgan fingerprint density at radius 2 is 1.92 bits per heavy atom. The summed E-state index contributed by atoms with van der Waals surface area (Å²) in [6.45, 7) is 3.31. The fraction of sp³-hybridized carbons (Fsp3) is 0.600. The Morgan fingerprint density at radius 1 is 1.21 bits per heavy atom. The summed E-state index contributed by atoms with van der Waals surface area (Å²) in [4.78, 5) is 20.6. The molecule has 4 aliphatic rings. The second-order valence-corrected chi connectivity index (χ2v) is 7.63. The van der Waals surface area contributed by atoms with E-state index in [1.807, 2.05) is 6.08 Å². The summed E-state index contributed by atoms with van der Waals surface area (Å²) < 4.78 is 0. The van der Waals surface area contributed by atoms with Gasteiger partial charge in [-0.2, -0.15) is 0 Å². The first-order valence-electron chi connectivity index (χ1n) is 8.86. The summed E-state index contributed by atoms with van der Waals surface area (Å²) in [5.41, 5.74) is 4.19. The molecule has 2 N–H and O–H groups in total. The molecule has 0 bridgehead atoms. The van der Waals surface area contributed by atoms with Crippen LogP contribution in [0.5, 0.6) is 0 Å². The van der Waals surface area contributed by atoms with Crippen LogP contribution in [0.4, 0.5) is 0 Å². The average Bonchev–Trinajstić information content (AvgIpc) is 2.82. The second kappa shape index (κ2) is 6.32. The molecule has 24 heavy (non-hydrogen) atoms. The second-order valence-electron chi connectivity index (χ2n) is 7.63. The fourth-order valence-electron chi connectivity index (χ4n) is 4.99. The minimum Gasteiger partial charge on any atom is -0.481 e. The Morgan fingerprint density at radius 3 is 2.62 bits per heavy atom. The molecule has 0 heterocycles. The molecule has 0 amide bonds. The van der Waals surface area contributed by atoms with Crippen LogP contribution in [-0.2, 0) is 9.59 Å². The lowest BCUT2D eigenvalue weighted by atomic mass is 9.60. The van der Waals surface area contributed by atoms with E-state index in [1.165, 1.54) is 16.7 Å². The van der Waals surface area contributed by atoms with E-state index in [1.54, 1.807) is 0 Å². The monoisotopic (exact) mass is 330 g/mol. The number of fused-ring (bicyclic) bond motifs is 4. The number of aliphatic hydroxyl groups excluding tert-OH is 1. The van der Waals surface area contributed by atoms with E-state index in [2.05, 4.69) is 19.1 Å². The number of rotatable bonds is 0. The molecule has 1 saturated carbocycles. The molecule has 4 atom stereocenters. The molecule has 0 aromatic rings. The number of aliphatic carboxylic acids is 1. The summed E-state index contributed by atoms with van der Waals surface area (Å²) in [5.74, 6) is 0.649. The van der Waals surface area contributed by atoms with Gasteiger partial charge in [0.1, 0.15) is 0 Å². The predicted octanol–water partition coefficient (Wildman–Crippen LogP) is 3.42. The highest BCUT2D eigenvalue weighted by molar-refractivity contribution is 5.93. The Kier molecular flexibility index (Phi) is 4.52. The van der Waals surface area contributed by atoms with E-state index < -0.39 is 5.97 Å². The van der Waals surface area contributed by atoms with E-state index in [0.29, 0.717) is 24.0 Å². The van der Waals surface area contributed by atoms with Crippen molar-refractivity contribution in [2.45, 2.75) is 58.5 Å². The quantitative estimate of drug-likeness (QED) is 0.713. The molecule has 0 aromatic carbocycles. The third kappa shape index (κ3) is 2.88. The van der Waals surface area contributed by atoms with Crippen LogP contribution >= 0.6 is 0 Å². The van der Waals surface area contributed by atoms with Gasteiger partial charge in [-0.05, 0) is 66.7 Å². The van der Waals surface area contributed by atoms with Crippen LogP contribution in [-0.4, -0.2) is 28.1 Å². The maximum absolute atomic E-state index is 11.6. The van der Waals surface area contributed by atoms with Gasteiger partial charge in [0.2, 0.25) is 0 Å². The first-order valence-corrected chi connectivity index (χ1v) is 8.86. The van der Waals surface area contributed by atoms with Gasteiger partial charge in [0.15, 0.2) is 5.78 Å². The summed E-state index contributed by atoms with van der Waals surface area (Å²) in [6.07, 6.45) is 12.1. The van der Waals surface area contributed by atoms with Gasteiger partial charge in [0.25, 0.3) is 5.97 Å². The first kappa shape index (κ1) is 17.2. The van der Waals surface area contributed by atoms with Crippen molar-refractivity contribution in [3.8, 4) is 0 Å². The van der Waals surface area contributed by atoms with E-state index in [-0.39, 0.29) is 11.5 Å². The lowest BCUT2D eigenvalue weighted by molar-refractivity contribution is -0.134. The lowest BCUT2D eigenvalue weighted by Gasteiger charge is -2.44. The fourth-order valence-corrected chi connectivity index (χ4v) is 4.99. The molecule has 0 spiro atoms. The molecule has 0 aromatic heterocycles. The molecule has 0 unspecified atom stereocenters. The van der Waals surface area contributed by atoms with Gasteiger partial charge in [-0.3, -0.25) is 9.59 Å². The van der Waals surface area contributed by atoms with Crippen molar-refractivity contribution < 1.29 is 19.8 Å². The molecule has 4 aliphatic carbocycles. The number of carbonyl (C=O) groups excluding carboxylic acids is 1. The number of hydrogen-bond acceptors (Lipinski definition) is 3. The van der Waals surface area contributed by atoms with Crippen LogP contribution in [0.3, 0.4) is 0 Å². The zero-order chi connectivity index (χ0) is 17.5. The Hall–Kier alpha value is -1.68. The van der Waals surface area contributed by atoms with Crippen molar-refractivity contribution in [1.29, 1.82) is 0 Å². The van der Waals surface area contributed by atoms with E-state index >= 15 is 0 Å². The molecule has 4 nitrogen and oxygen atoms in total. The van der Waals surface area contributed by atoms with Crippen molar-refractivity contribution in [2.24, 2.45) is 17.3 Å². The van der Waals surface area contributed by atoms with Crippen molar-refractivity contribution in [3.05, 3.63) is 34.9 Å². The molecule has 1 fully saturated rings. The van der Waals surface area contributed by atoms with Gasteiger partial charge in [-0.1, -0.05) is 19.1 Å². The molecular weight excluding hydrogens is 304 g/mol. The molecular formula is C20H26O4. The zero-order valence-corrected chi connectivity index (χ0v) is 14.4. The number of carboxylic acids is 1. The van der Waals surface area contributed by atoms with Crippen LogP contribution in [0, 0.1) is 17.3 Å². The molecule has 4 heteroatoms. The smallest absolute Gasteiger partial charge is 0.300 e. The van der Waals surface area contributed by atoms with Crippen LogP contribution in [0.15, 0.2) is 34.9 Å². The minimum atomic E-state index is -0.833. The Bertz CT molecular complexity index is 651. The topological polar surface area (TPSA) is 74.6 Å². The van der Waals surface area contributed by atoms with Crippen LogP contribution in [0.2, 0.25) is 0 Å². The van der Waals surface area contributed by atoms with Gasteiger partial charge >= 0.3 is 0 Å². The number of carbonyl (C=O) groups is 2. The predicted molar refractivity (Wildman–Crippen MR) is 91.4 cm³/mol. The van der Waals surface area contributed by atoms with Crippen LogP contribution < -0.4 is 0 Å². The number of aliphatic hydroxyl groups is 1. The highest BCUT2D eigenvalue weighted by atomic mass is 16.4. The van der Waals surface area contributed by atoms with Crippen molar-refractivity contribution >= 4 is 11.8 Å². The standard InChI is InChI=1S/C18H22O2.C2H4O2/c1-18-9-8-14-13-5-3-12(19)10-11(13)2-4-15(14)16(18)6-7-17(18)20;1-2(3)4/h8-10,15-17,20H,2-7H2,1H3;1H3,(H,3,4)/t15-,16+,17+,18+;/m1./s1. The zero-order valence-electron chi connectivity index (χ0n) is 14.4. The van der Waals surface area contributed by atoms with Gasteiger partial charge < -0.3 is 10.2 Å². The maximum atomic E-state index is 11.6. The molecule has 4 rings (SSSR count). The largest absolute Gasteiger partial charge is 0.481 e. The van der Waals surface area contributed by atoms with Crippen LogP contribution in [0.1, 0.15) is 52.4 Å². The Labute approximate surface area is 142 Å². The first-order chi connectivity index (χ1) is 11.3. The normalized spacial score (nSPS) is 36.9. The summed E-state index contributed by atoms with van der Waals surface area (Å²) in [6, 6.07) is 0. The maximum Gasteiger partial charge on any atom is 0.300 e. The third-order valence-corrected chi connectivity index (χ3v) is 6.19. The average molecular weight is 330 g/mol. The molecule has 0 radical (unpaired) electrons. The molecule has 130 valence electrons. The van der Waals surface area contributed by atoms with Crippen LogP contribution in [0.25, 0.3) is 0 Å². The Balaban J connectivity index is 0.000000383. The van der Waals surface area contributed by atoms with Crippen molar-refractivity contribution in [3.63, 3.8) is 0 Å². The van der Waals surface area contributed by atoms with Gasteiger partial charge in [0.05, 0.1) is 6.10 Å². The minimum absolute atomic E-state index is 0.0274. The number of ketones is 1. The summed E-state index contributed by atoms with van der Waals surface area (Å²) >= 11 is 0. The van der Waals surface area contributed by atoms with Gasteiger partial charge in [-0.15, -0.1) is 0 Å². The molecule has 0 aliphatic heterocycles. The third-order valence-electron chi connectivity index (χ3n) is 6.19. The molecule has 0 saturated heterocycles.